The van der Waals surface area contributed by atoms with Gasteiger partial charge in [-0.05, 0) is 35.9 Å². The minimum Gasteiger partial charge on any atom is -0.461 e. The largest absolute Gasteiger partial charge is 0.461 e. The maximum absolute atomic E-state index is 8.97. The first-order valence-electron chi connectivity index (χ1n) is 7.59. The van der Waals surface area contributed by atoms with Crippen LogP contribution in [0.25, 0.3) is 34.0 Å². The lowest BCUT2D eigenvalue weighted by Crippen LogP contribution is -1.79. The molecule has 0 saturated heterocycles. The quantitative estimate of drug-likeness (QED) is 0.484. The average Bonchev–Trinajstić information content (AvgIpc) is 3.32. The number of rotatable bonds is 3. The molecule has 0 amide bonds. The number of hydrogen-bond acceptors (Lipinski definition) is 3. The van der Waals surface area contributed by atoms with Crippen molar-refractivity contribution in [3.8, 4) is 40.0 Å². The molecule has 0 saturated carbocycles. The van der Waals surface area contributed by atoms with Gasteiger partial charge in [0.05, 0.1) is 17.9 Å². The van der Waals surface area contributed by atoms with E-state index in [1.807, 2.05) is 60.7 Å². The molecule has 2 heterocycles. The van der Waals surface area contributed by atoms with Gasteiger partial charge in [-0.25, -0.2) is 0 Å². The molecule has 0 aliphatic rings. The van der Waals surface area contributed by atoms with Gasteiger partial charge in [-0.2, -0.15) is 5.26 Å². The lowest BCUT2D eigenvalue weighted by Gasteiger charge is -2.00. The van der Waals surface area contributed by atoms with E-state index in [0.29, 0.717) is 17.1 Å². The second kappa shape index (κ2) is 5.94. The predicted molar refractivity (Wildman–Crippen MR) is 92.0 cm³/mol. The number of benzene rings is 2. The van der Waals surface area contributed by atoms with Crippen LogP contribution in [-0.4, -0.2) is 0 Å². The lowest BCUT2D eigenvalue weighted by molar-refractivity contribution is 0.532. The van der Waals surface area contributed by atoms with Gasteiger partial charge < -0.3 is 8.83 Å². The van der Waals surface area contributed by atoms with E-state index in [1.165, 1.54) is 0 Å². The highest BCUT2D eigenvalue weighted by Crippen LogP contribution is 2.38. The van der Waals surface area contributed by atoms with Crippen molar-refractivity contribution in [2.45, 2.75) is 0 Å². The minimum absolute atomic E-state index is 0.630. The topological polar surface area (TPSA) is 50.1 Å². The zero-order valence-electron chi connectivity index (χ0n) is 12.8. The molecule has 0 unspecified atom stereocenters. The van der Waals surface area contributed by atoms with Crippen LogP contribution in [0.3, 0.4) is 0 Å². The zero-order chi connectivity index (χ0) is 16.4. The average molecular weight is 311 g/mol. The van der Waals surface area contributed by atoms with Gasteiger partial charge in [-0.15, -0.1) is 0 Å². The van der Waals surface area contributed by atoms with E-state index >= 15 is 0 Å². The fourth-order valence-electron chi connectivity index (χ4n) is 2.67. The first-order valence-corrected chi connectivity index (χ1v) is 7.59. The Morgan fingerprint density at radius 2 is 1.54 bits per heavy atom. The predicted octanol–water partition coefficient (Wildman–Crippen LogP) is 5.75. The molecule has 0 bridgehead atoms. The van der Waals surface area contributed by atoms with Crippen LogP contribution in [0.2, 0.25) is 0 Å². The summed E-state index contributed by atoms with van der Waals surface area (Å²) in [5, 5.41) is 8.97. The van der Waals surface area contributed by atoms with E-state index in [-0.39, 0.29) is 0 Å². The minimum atomic E-state index is 0.630. The maximum atomic E-state index is 8.97. The SMILES string of the molecule is N#Cc1ccc(-c2cc(-c3ccccc3)oc2-c2ccco2)cc1. The van der Waals surface area contributed by atoms with E-state index in [2.05, 4.69) is 6.07 Å². The molecule has 0 aliphatic heterocycles. The summed E-state index contributed by atoms with van der Waals surface area (Å²) in [6, 6.07) is 25.2. The monoisotopic (exact) mass is 311 g/mol. The highest BCUT2D eigenvalue weighted by atomic mass is 16.4. The maximum Gasteiger partial charge on any atom is 0.177 e. The summed E-state index contributed by atoms with van der Waals surface area (Å²) in [5.74, 6) is 2.14. The van der Waals surface area contributed by atoms with E-state index in [9.17, 15) is 0 Å². The summed E-state index contributed by atoms with van der Waals surface area (Å²) < 4.78 is 11.6. The van der Waals surface area contributed by atoms with E-state index in [0.717, 1.165) is 22.5 Å². The molecule has 0 aliphatic carbocycles. The molecular weight excluding hydrogens is 298 g/mol. The Labute approximate surface area is 139 Å². The third-order valence-electron chi connectivity index (χ3n) is 3.86. The van der Waals surface area contributed by atoms with Crippen LogP contribution in [0.5, 0.6) is 0 Å². The number of furan rings is 2. The first kappa shape index (κ1) is 14.1. The highest BCUT2D eigenvalue weighted by molar-refractivity contribution is 5.82. The number of nitrogens with zero attached hydrogens (tertiary/aromatic N) is 1. The van der Waals surface area contributed by atoms with E-state index in [1.54, 1.807) is 18.4 Å². The van der Waals surface area contributed by atoms with Gasteiger partial charge in [-0.3, -0.25) is 0 Å². The second-order valence-electron chi connectivity index (χ2n) is 5.39. The third-order valence-corrected chi connectivity index (χ3v) is 3.86. The summed E-state index contributed by atoms with van der Waals surface area (Å²) in [6.45, 7) is 0. The Hall–Kier alpha value is -3.51. The molecular formula is C21H13NO2. The zero-order valence-corrected chi connectivity index (χ0v) is 12.8. The third kappa shape index (κ3) is 2.51. The van der Waals surface area contributed by atoms with Crippen molar-refractivity contribution in [2.75, 3.05) is 0 Å². The molecule has 4 aromatic rings. The summed E-state index contributed by atoms with van der Waals surface area (Å²) in [5.41, 5.74) is 3.55. The van der Waals surface area contributed by atoms with Crippen LogP contribution in [0.15, 0.2) is 87.9 Å². The van der Waals surface area contributed by atoms with Crippen molar-refractivity contribution in [2.24, 2.45) is 0 Å². The van der Waals surface area contributed by atoms with Crippen molar-refractivity contribution in [1.29, 1.82) is 5.26 Å². The summed E-state index contributed by atoms with van der Waals surface area (Å²) in [6.07, 6.45) is 1.63. The molecule has 0 fully saturated rings. The summed E-state index contributed by atoms with van der Waals surface area (Å²) >= 11 is 0. The first-order chi connectivity index (χ1) is 11.8. The fraction of sp³-hybridized carbons (Fsp3) is 0. The molecule has 4 rings (SSSR count). The van der Waals surface area contributed by atoms with Crippen molar-refractivity contribution < 1.29 is 8.83 Å². The Bertz CT molecular complexity index is 988. The van der Waals surface area contributed by atoms with E-state index < -0.39 is 0 Å². The van der Waals surface area contributed by atoms with Gasteiger partial charge in [0.2, 0.25) is 0 Å². The molecule has 3 nitrogen and oxygen atoms in total. The van der Waals surface area contributed by atoms with Gasteiger partial charge in [0.1, 0.15) is 5.76 Å². The van der Waals surface area contributed by atoms with Crippen LogP contribution in [0.1, 0.15) is 5.56 Å². The van der Waals surface area contributed by atoms with Crippen LogP contribution >= 0.6 is 0 Å². The fourth-order valence-corrected chi connectivity index (χ4v) is 2.67. The molecule has 2 aromatic carbocycles. The standard InChI is InChI=1S/C21H13NO2/c22-14-15-8-10-16(11-9-15)18-13-20(17-5-2-1-3-6-17)24-21(18)19-7-4-12-23-19/h1-13H. The highest BCUT2D eigenvalue weighted by Gasteiger charge is 2.17. The molecule has 24 heavy (non-hydrogen) atoms. The Morgan fingerprint density at radius 1 is 0.750 bits per heavy atom. The van der Waals surface area contributed by atoms with Crippen LogP contribution < -0.4 is 0 Å². The van der Waals surface area contributed by atoms with Crippen molar-refractivity contribution >= 4 is 0 Å². The molecule has 0 radical (unpaired) electrons. The summed E-state index contributed by atoms with van der Waals surface area (Å²) in [4.78, 5) is 0. The van der Waals surface area contributed by atoms with Crippen LogP contribution in [0.4, 0.5) is 0 Å². The van der Waals surface area contributed by atoms with Crippen molar-refractivity contribution in [1.82, 2.24) is 0 Å². The molecule has 0 atom stereocenters. The molecule has 0 N–H and O–H groups in total. The smallest absolute Gasteiger partial charge is 0.177 e. The summed E-state index contributed by atoms with van der Waals surface area (Å²) in [7, 11) is 0. The molecule has 114 valence electrons. The normalized spacial score (nSPS) is 10.5. The Kier molecular flexibility index (Phi) is 3.49. The van der Waals surface area contributed by atoms with Gasteiger partial charge >= 0.3 is 0 Å². The van der Waals surface area contributed by atoms with E-state index in [4.69, 9.17) is 14.1 Å². The van der Waals surface area contributed by atoms with Gasteiger partial charge in [0.15, 0.2) is 11.5 Å². The second-order valence-corrected chi connectivity index (χ2v) is 5.39. The van der Waals surface area contributed by atoms with Crippen LogP contribution in [-0.2, 0) is 0 Å². The van der Waals surface area contributed by atoms with Gasteiger partial charge in [0, 0.05) is 11.1 Å². The Balaban J connectivity index is 1.88. The number of hydrogen-bond donors (Lipinski definition) is 0. The lowest BCUT2D eigenvalue weighted by atomic mass is 10.0. The van der Waals surface area contributed by atoms with Crippen molar-refractivity contribution in [3.63, 3.8) is 0 Å². The molecule has 2 aromatic heterocycles. The van der Waals surface area contributed by atoms with Gasteiger partial charge in [-0.1, -0.05) is 42.5 Å². The Morgan fingerprint density at radius 3 is 2.21 bits per heavy atom. The van der Waals surface area contributed by atoms with Gasteiger partial charge in [0.25, 0.3) is 0 Å². The van der Waals surface area contributed by atoms with Crippen molar-refractivity contribution in [3.05, 3.63) is 84.6 Å². The molecule has 0 spiro atoms. The number of nitriles is 1. The molecule has 3 heteroatoms. The van der Waals surface area contributed by atoms with Crippen LogP contribution in [0, 0.1) is 11.3 Å².